The average Bonchev–Trinajstić information content (AvgIpc) is 3.50. The molecule has 0 unspecified atom stereocenters. The first-order chi connectivity index (χ1) is 17.8. The summed E-state index contributed by atoms with van der Waals surface area (Å²) in [4.78, 5) is 19.3. The van der Waals surface area contributed by atoms with Crippen molar-refractivity contribution < 1.29 is 4.39 Å². The standard InChI is InChI=1S/C25H25Cl2FN8S/c26-19-17(5-8-31-22(19)30)37-20-21(27)33-24(36-12-9-32-23(20)36)34-10-6-25(7-11-34)14-35(13-18(25)29)16-3-1-15(28)2-4-16/h1-5,8-9,12,18H,6-7,10-11,13-14,29H2,(H2,30,31)/t18-/m1/s1. The Balaban J connectivity index is 1.23. The number of imidazole rings is 1. The van der Waals surface area contributed by atoms with Gasteiger partial charge in [-0.15, -0.1) is 0 Å². The molecule has 0 aliphatic carbocycles. The molecule has 6 rings (SSSR count). The van der Waals surface area contributed by atoms with Crippen molar-refractivity contribution in [2.45, 2.75) is 28.7 Å². The smallest absolute Gasteiger partial charge is 0.212 e. The van der Waals surface area contributed by atoms with Crippen LogP contribution in [0.25, 0.3) is 5.65 Å². The van der Waals surface area contributed by atoms with Gasteiger partial charge < -0.3 is 21.3 Å². The molecule has 192 valence electrons. The summed E-state index contributed by atoms with van der Waals surface area (Å²) in [6, 6.07) is 8.48. The van der Waals surface area contributed by atoms with Gasteiger partial charge in [0.2, 0.25) is 5.95 Å². The van der Waals surface area contributed by atoms with Gasteiger partial charge in [0.15, 0.2) is 10.8 Å². The first-order valence-electron chi connectivity index (χ1n) is 12.0. The molecule has 1 aromatic carbocycles. The average molecular weight is 560 g/mol. The largest absolute Gasteiger partial charge is 0.382 e. The second kappa shape index (κ2) is 9.50. The van der Waals surface area contributed by atoms with E-state index >= 15 is 0 Å². The number of halogens is 3. The molecule has 2 fully saturated rings. The van der Waals surface area contributed by atoms with Crippen LogP contribution in [0.1, 0.15) is 12.8 Å². The Morgan fingerprint density at radius 3 is 2.54 bits per heavy atom. The van der Waals surface area contributed by atoms with E-state index in [-0.39, 0.29) is 23.1 Å². The number of hydrogen-bond acceptors (Lipinski definition) is 8. The summed E-state index contributed by atoms with van der Waals surface area (Å²) >= 11 is 14.4. The van der Waals surface area contributed by atoms with Crippen molar-refractivity contribution in [3.05, 3.63) is 64.9 Å². The Labute approximate surface area is 227 Å². The highest BCUT2D eigenvalue weighted by atomic mass is 35.5. The SMILES string of the molecule is Nc1nccc(Sc2c(Cl)nc(N3CCC4(CC3)CN(c3ccc(F)cc3)C[C@H]4N)n3ccnc23)c1Cl. The Hall–Kier alpha value is -2.79. The zero-order chi connectivity index (χ0) is 25.7. The lowest BCUT2D eigenvalue weighted by Gasteiger charge is -2.42. The summed E-state index contributed by atoms with van der Waals surface area (Å²) in [7, 11) is 0. The molecule has 0 amide bonds. The van der Waals surface area contributed by atoms with Crippen molar-refractivity contribution in [2.24, 2.45) is 11.1 Å². The minimum absolute atomic E-state index is 0.00342. The maximum absolute atomic E-state index is 13.4. The monoisotopic (exact) mass is 558 g/mol. The van der Waals surface area contributed by atoms with E-state index in [0.29, 0.717) is 20.7 Å². The number of nitrogens with two attached hydrogens (primary N) is 2. The third-order valence-corrected chi connectivity index (χ3v) is 9.52. The van der Waals surface area contributed by atoms with Gasteiger partial charge in [0.25, 0.3) is 0 Å². The second-order valence-electron chi connectivity index (χ2n) is 9.58. The Morgan fingerprint density at radius 1 is 1.03 bits per heavy atom. The van der Waals surface area contributed by atoms with E-state index in [9.17, 15) is 4.39 Å². The van der Waals surface area contributed by atoms with E-state index in [1.165, 1.54) is 23.9 Å². The van der Waals surface area contributed by atoms with E-state index in [2.05, 4.69) is 19.8 Å². The Morgan fingerprint density at radius 2 is 1.78 bits per heavy atom. The lowest BCUT2D eigenvalue weighted by molar-refractivity contribution is 0.219. The molecule has 37 heavy (non-hydrogen) atoms. The van der Waals surface area contributed by atoms with Crippen molar-refractivity contribution >= 4 is 58.1 Å². The van der Waals surface area contributed by atoms with Crippen molar-refractivity contribution in [3.63, 3.8) is 0 Å². The van der Waals surface area contributed by atoms with Crippen molar-refractivity contribution in [3.8, 4) is 0 Å². The van der Waals surface area contributed by atoms with Crippen LogP contribution >= 0.6 is 35.0 Å². The van der Waals surface area contributed by atoms with Crippen LogP contribution in [-0.4, -0.2) is 51.6 Å². The summed E-state index contributed by atoms with van der Waals surface area (Å²) in [5.41, 5.74) is 14.3. The predicted octanol–water partition coefficient (Wildman–Crippen LogP) is 4.74. The van der Waals surface area contributed by atoms with E-state index in [4.69, 9.17) is 39.7 Å². The highest BCUT2D eigenvalue weighted by Gasteiger charge is 2.47. The molecule has 2 saturated heterocycles. The lowest BCUT2D eigenvalue weighted by atomic mass is 9.75. The molecule has 5 heterocycles. The van der Waals surface area contributed by atoms with Crippen LogP contribution < -0.4 is 21.3 Å². The van der Waals surface area contributed by atoms with Gasteiger partial charge in [0.05, 0.1) is 9.92 Å². The molecule has 4 aromatic rings. The van der Waals surface area contributed by atoms with Gasteiger partial charge in [-0.1, -0.05) is 35.0 Å². The van der Waals surface area contributed by atoms with E-state index in [1.807, 2.05) is 22.7 Å². The molecular formula is C25H25Cl2FN8S. The Bertz CT molecular complexity index is 1460. The van der Waals surface area contributed by atoms with Gasteiger partial charge in [0.1, 0.15) is 11.6 Å². The lowest BCUT2D eigenvalue weighted by Crippen LogP contribution is -2.49. The molecule has 1 atom stereocenters. The molecule has 0 bridgehead atoms. The summed E-state index contributed by atoms with van der Waals surface area (Å²) in [6.07, 6.45) is 7.08. The number of hydrogen-bond donors (Lipinski definition) is 2. The molecule has 1 spiro atoms. The van der Waals surface area contributed by atoms with Crippen LogP contribution in [0.5, 0.6) is 0 Å². The zero-order valence-electron chi connectivity index (χ0n) is 19.8. The van der Waals surface area contributed by atoms with Crippen LogP contribution in [0.3, 0.4) is 0 Å². The third kappa shape index (κ3) is 4.35. The first kappa shape index (κ1) is 24.5. The fraction of sp³-hybridized carbons (Fsp3) is 0.320. The highest BCUT2D eigenvalue weighted by Crippen LogP contribution is 2.44. The molecule has 12 heteroatoms. The number of rotatable bonds is 4. The number of fused-ring (bicyclic) bond motifs is 1. The molecule has 0 radical (unpaired) electrons. The number of aromatic nitrogens is 4. The number of nitrogen functional groups attached to an aromatic ring is 1. The van der Waals surface area contributed by atoms with Crippen molar-refractivity contribution in [1.29, 1.82) is 0 Å². The molecule has 2 aliphatic rings. The summed E-state index contributed by atoms with van der Waals surface area (Å²) in [5.74, 6) is 0.778. The van der Waals surface area contributed by atoms with Gasteiger partial charge in [-0.05, 0) is 43.2 Å². The molecule has 3 aromatic heterocycles. The molecule has 4 N–H and O–H groups in total. The summed E-state index contributed by atoms with van der Waals surface area (Å²) < 4.78 is 15.4. The minimum atomic E-state index is -0.232. The van der Waals surface area contributed by atoms with Crippen molar-refractivity contribution in [2.75, 3.05) is 41.7 Å². The number of anilines is 3. The minimum Gasteiger partial charge on any atom is -0.382 e. The van der Waals surface area contributed by atoms with E-state index < -0.39 is 0 Å². The number of benzene rings is 1. The van der Waals surface area contributed by atoms with Crippen LogP contribution in [0.2, 0.25) is 10.2 Å². The van der Waals surface area contributed by atoms with Gasteiger partial charge in [-0.2, -0.15) is 0 Å². The normalized spacial score (nSPS) is 19.3. The quantitative estimate of drug-likeness (QED) is 0.346. The number of piperidine rings is 1. The van der Waals surface area contributed by atoms with Crippen LogP contribution in [0.4, 0.5) is 21.8 Å². The van der Waals surface area contributed by atoms with Crippen molar-refractivity contribution in [1.82, 2.24) is 19.4 Å². The predicted molar refractivity (Wildman–Crippen MR) is 146 cm³/mol. The van der Waals surface area contributed by atoms with Gasteiger partial charge >= 0.3 is 0 Å². The molecule has 8 nitrogen and oxygen atoms in total. The van der Waals surface area contributed by atoms with Crippen LogP contribution in [0, 0.1) is 11.2 Å². The van der Waals surface area contributed by atoms with E-state index in [1.54, 1.807) is 18.5 Å². The molecule has 2 aliphatic heterocycles. The zero-order valence-corrected chi connectivity index (χ0v) is 22.1. The maximum atomic E-state index is 13.4. The number of nitrogens with zero attached hydrogens (tertiary/aromatic N) is 6. The van der Waals surface area contributed by atoms with Crippen LogP contribution in [0.15, 0.2) is 58.7 Å². The second-order valence-corrected chi connectivity index (χ2v) is 11.4. The van der Waals surface area contributed by atoms with Gasteiger partial charge in [0, 0.05) is 66.8 Å². The number of pyridine rings is 1. The molecular weight excluding hydrogens is 534 g/mol. The summed E-state index contributed by atoms with van der Waals surface area (Å²) in [6.45, 7) is 3.20. The fourth-order valence-corrected chi connectivity index (χ4v) is 6.80. The fourth-order valence-electron chi connectivity index (χ4n) is 5.38. The van der Waals surface area contributed by atoms with E-state index in [0.717, 1.165) is 55.6 Å². The van der Waals surface area contributed by atoms with Crippen LogP contribution in [-0.2, 0) is 0 Å². The third-order valence-electron chi connectivity index (χ3n) is 7.48. The highest BCUT2D eigenvalue weighted by molar-refractivity contribution is 7.99. The molecule has 0 saturated carbocycles. The summed E-state index contributed by atoms with van der Waals surface area (Å²) in [5, 5.41) is 0.728. The first-order valence-corrected chi connectivity index (χ1v) is 13.5. The maximum Gasteiger partial charge on any atom is 0.212 e. The Kier molecular flexibility index (Phi) is 6.30. The topological polar surface area (TPSA) is 102 Å². The van der Waals surface area contributed by atoms with Gasteiger partial charge in [-0.25, -0.2) is 19.3 Å². The van der Waals surface area contributed by atoms with Gasteiger partial charge in [-0.3, -0.25) is 4.40 Å².